The largest absolute Gasteiger partial charge is 0.495 e. The van der Waals surface area contributed by atoms with E-state index in [1.807, 2.05) is 0 Å². The SMILES string of the molecule is COc1cc(Cl)c(C)cc1NC(=O)CSC1=C(C#N)[C@H](c2ccccc2F)CC(=O)N1. The summed E-state index contributed by atoms with van der Waals surface area (Å²) in [5.74, 6) is -1.55. The van der Waals surface area contributed by atoms with Crippen LogP contribution < -0.4 is 15.4 Å². The third-order valence-corrected chi connectivity index (χ3v) is 6.16. The number of ether oxygens (including phenoxy) is 1. The van der Waals surface area contributed by atoms with Gasteiger partial charge in [-0.25, -0.2) is 4.39 Å². The van der Waals surface area contributed by atoms with Crippen molar-refractivity contribution >= 4 is 40.9 Å². The molecule has 0 aromatic heterocycles. The Kier molecular flexibility index (Phi) is 7.21. The molecule has 1 aliphatic heterocycles. The van der Waals surface area contributed by atoms with Gasteiger partial charge in [0.2, 0.25) is 11.8 Å². The van der Waals surface area contributed by atoms with Gasteiger partial charge in [-0.1, -0.05) is 41.6 Å². The van der Waals surface area contributed by atoms with E-state index in [1.165, 1.54) is 13.2 Å². The van der Waals surface area contributed by atoms with Gasteiger partial charge in [-0.3, -0.25) is 9.59 Å². The van der Waals surface area contributed by atoms with Crippen molar-refractivity contribution in [1.82, 2.24) is 5.32 Å². The smallest absolute Gasteiger partial charge is 0.234 e. The van der Waals surface area contributed by atoms with Crippen molar-refractivity contribution in [3.63, 3.8) is 0 Å². The van der Waals surface area contributed by atoms with Crippen LogP contribution in [0.25, 0.3) is 0 Å². The van der Waals surface area contributed by atoms with Gasteiger partial charge in [0, 0.05) is 23.4 Å². The number of thioether (sulfide) groups is 1. The molecule has 0 unspecified atom stereocenters. The molecule has 3 rings (SSSR count). The molecule has 0 spiro atoms. The molecule has 0 saturated carbocycles. The Hall–Kier alpha value is -3.02. The second-order valence-corrected chi connectivity index (χ2v) is 8.21. The summed E-state index contributed by atoms with van der Waals surface area (Å²) in [4.78, 5) is 24.7. The maximum Gasteiger partial charge on any atom is 0.234 e. The number of carbonyl (C=O) groups excluding carboxylic acids is 2. The van der Waals surface area contributed by atoms with Crippen molar-refractivity contribution in [2.75, 3.05) is 18.2 Å². The summed E-state index contributed by atoms with van der Waals surface area (Å²) in [6, 6.07) is 11.4. The minimum Gasteiger partial charge on any atom is -0.495 e. The van der Waals surface area contributed by atoms with E-state index in [-0.39, 0.29) is 40.2 Å². The van der Waals surface area contributed by atoms with Gasteiger partial charge in [0.05, 0.1) is 35.2 Å². The first-order valence-corrected chi connectivity index (χ1v) is 10.7. The number of nitrogens with zero attached hydrogens (tertiary/aromatic N) is 1. The van der Waals surface area contributed by atoms with Gasteiger partial charge < -0.3 is 15.4 Å². The summed E-state index contributed by atoms with van der Waals surface area (Å²) in [6.45, 7) is 1.80. The van der Waals surface area contributed by atoms with Crippen molar-refractivity contribution in [2.24, 2.45) is 0 Å². The van der Waals surface area contributed by atoms with Gasteiger partial charge in [-0.15, -0.1) is 0 Å². The molecule has 0 saturated heterocycles. The average Bonchev–Trinajstić information content (AvgIpc) is 2.74. The summed E-state index contributed by atoms with van der Waals surface area (Å²) in [5.41, 5.74) is 1.73. The van der Waals surface area contributed by atoms with E-state index in [2.05, 4.69) is 16.7 Å². The fourth-order valence-corrected chi connectivity index (χ4v) is 4.24. The predicted molar refractivity (Wildman–Crippen MR) is 118 cm³/mol. The summed E-state index contributed by atoms with van der Waals surface area (Å²) in [6.07, 6.45) is -0.0403. The molecule has 1 heterocycles. The number of hydrogen-bond acceptors (Lipinski definition) is 5. The predicted octanol–water partition coefficient (Wildman–Crippen LogP) is 4.51. The zero-order chi connectivity index (χ0) is 22.5. The van der Waals surface area contributed by atoms with Crippen molar-refractivity contribution < 1.29 is 18.7 Å². The third kappa shape index (κ3) is 5.19. The average molecular weight is 460 g/mol. The number of anilines is 1. The molecule has 2 N–H and O–H groups in total. The number of methoxy groups -OCH3 is 1. The minimum absolute atomic E-state index is 0.0403. The molecule has 1 atom stereocenters. The first-order chi connectivity index (χ1) is 14.8. The van der Waals surface area contributed by atoms with Gasteiger partial charge in [-0.05, 0) is 30.2 Å². The zero-order valence-corrected chi connectivity index (χ0v) is 18.4. The van der Waals surface area contributed by atoms with Gasteiger partial charge in [-0.2, -0.15) is 5.26 Å². The molecule has 0 bridgehead atoms. The summed E-state index contributed by atoms with van der Waals surface area (Å²) in [7, 11) is 1.47. The molecule has 1 aliphatic rings. The van der Waals surface area contributed by atoms with Crippen molar-refractivity contribution in [2.45, 2.75) is 19.3 Å². The highest BCUT2D eigenvalue weighted by Gasteiger charge is 2.31. The third-order valence-electron chi connectivity index (χ3n) is 4.74. The van der Waals surface area contributed by atoms with Gasteiger partial charge in [0.25, 0.3) is 0 Å². The molecule has 0 radical (unpaired) electrons. The maximum absolute atomic E-state index is 14.3. The fraction of sp³-hybridized carbons (Fsp3) is 0.227. The maximum atomic E-state index is 14.3. The van der Waals surface area contributed by atoms with Gasteiger partial charge >= 0.3 is 0 Å². The number of benzene rings is 2. The van der Waals surface area contributed by atoms with Crippen LogP contribution in [0.5, 0.6) is 5.75 Å². The van der Waals surface area contributed by atoms with Crippen LogP contribution in [0.3, 0.4) is 0 Å². The molecular weight excluding hydrogens is 441 g/mol. The van der Waals surface area contributed by atoms with E-state index in [4.69, 9.17) is 16.3 Å². The van der Waals surface area contributed by atoms with Crippen molar-refractivity contribution in [1.29, 1.82) is 5.26 Å². The molecule has 9 heteroatoms. The van der Waals surface area contributed by atoms with Crippen molar-refractivity contribution in [3.05, 3.63) is 69.0 Å². The number of amides is 2. The topological polar surface area (TPSA) is 91.2 Å². The van der Waals surface area contributed by atoms with Crippen molar-refractivity contribution in [3.8, 4) is 11.8 Å². The Balaban J connectivity index is 1.79. The summed E-state index contributed by atoms with van der Waals surface area (Å²) < 4.78 is 19.5. The number of rotatable bonds is 6. The molecular formula is C22H19ClFN3O3S. The fourth-order valence-electron chi connectivity index (χ4n) is 3.21. The molecule has 160 valence electrons. The normalized spacial score (nSPS) is 15.8. The number of nitriles is 1. The number of hydrogen-bond donors (Lipinski definition) is 2. The molecule has 0 aliphatic carbocycles. The lowest BCUT2D eigenvalue weighted by Gasteiger charge is -2.25. The number of halogens is 2. The zero-order valence-electron chi connectivity index (χ0n) is 16.8. The molecule has 31 heavy (non-hydrogen) atoms. The Morgan fingerprint density at radius 2 is 2.16 bits per heavy atom. The van der Waals surface area contributed by atoms with Gasteiger partial charge in [0.15, 0.2) is 0 Å². The van der Waals surface area contributed by atoms with E-state index in [0.29, 0.717) is 16.5 Å². The van der Waals surface area contributed by atoms with E-state index in [0.717, 1.165) is 17.3 Å². The second-order valence-electron chi connectivity index (χ2n) is 6.82. The van der Waals surface area contributed by atoms with Crippen LogP contribution in [-0.2, 0) is 9.59 Å². The Bertz CT molecular complexity index is 1110. The molecule has 6 nitrogen and oxygen atoms in total. The highest BCUT2D eigenvalue weighted by molar-refractivity contribution is 8.03. The lowest BCUT2D eigenvalue weighted by molar-refractivity contribution is -0.121. The second kappa shape index (κ2) is 9.86. The van der Waals surface area contributed by atoms with E-state index in [9.17, 15) is 19.2 Å². The van der Waals surface area contributed by atoms with E-state index >= 15 is 0 Å². The van der Waals surface area contributed by atoms with Crippen LogP contribution in [0.2, 0.25) is 5.02 Å². The lowest BCUT2D eigenvalue weighted by Crippen LogP contribution is -2.31. The Morgan fingerprint density at radius 3 is 2.84 bits per heavy atom. The highest BCUT2D eigenvalue weighted by Crippen LogP contribution is 2.37. The quantitative estimate of drug-likeness (QED) is 0.663. The standard InChI is InChI=1S/C22H19ClFN3O3S/c1-12-7-18(19(30-2)9-16(12)23)26-21(29)11-31-22-15(10-25)14(8-20(28)27-22)13-5-3-4-6-17(13)24/h3-7,9,14H,8,11H2,1-2H3,(H,26,29)(H,27,28)/t14-/m0/s1. The summed E-state index contributed by atoms with van der Waals surface area (Å²) in [5, 5.41) is 15.8. The Labute approximate surface area is 188 Å². The number of allylic oxidation sites excluding steroid dienone is 1. The first kappa shape index (κ1) is 22.7. The van der Waals surface area contributed by atoms with Crippen LogP contribution in [-0.4, -0.2) is 24.7 Å². The summed E-state index contributed by atoms with van der Waals surface area (Å²) >= 11 is 7.09. The van der Waals surface area contributed by atoms with Crippen LogP contribution in [0.1, 0.15) is 23.5 Å². The van der Waals surface area contributed by atoms with E-state index in [1.54, 1.807) is 37.3 Å². The molecule has 2 aromatic carbocycles. The van der Waals surface area contributed by atoms with Gasteiger partial charge in [0.1, 0.15) is 11.6 Å². The number of nitrogens with one attached hydrogen (secondary N) is 2. The van der Waals surface area contributed by atoms with Crippen LogP contribution in [0.15, 0.2) is 47.0 Å². The number of carbonyl (C=O) groups is 2. The number of aryl methyl sites for hydroxylation is 1. The van der Waals surface area contributed by atoms with E-state index < -0.39 is 11.7 Å². The molecule has 2 amide bonds. The lowest BCUT2D eigenvalue weighted by atomic mass is 9.87. The Morgan fingerprint density at radius 1 is 1.42 bits per heavy atom. The van der Waals surface area contributed by atoms with Crippen LogP contribution >= 0.6 is 23.4 Å². The first-order valence-electron chi connectivity index (χ1n) is 9.29. The van der Waals surface area contributed by atoms with Crippen LogP contribution in [0.4, 0.5) is 10.1 Å². The molecule has 2 aromatic rings. The molecule has 0 fully saturated rings. The van der Waals surface area contributed by atoms with Crippen LogP contribution in [0, 0.1) is 24.1 Å². The monoisotopic (exact) mass is 459 g/mol. The minimum atomic E-state index is -0.704. The highest BCUT2D eigenvalue weighted by atomic mass is 35.5.